The molecule has 2 N–H and O–H groups in total. The highest BCUT2D eigenvalue weighted by Gasteiger charge is 2.39. The lowest BCUT2D eigenvalue weighted by Gasteiger charge is -2.09. The highest BCUT2D eigenvalue weighted by Crippen LogP contribution is 2.48. The van der Waals surface area contributed by atoms with Crippen LogP contribution in [0.15, 0.2) is 48.5 Å². The fourth-order valence-electron chi connectivity index (χ4n) is 4.54. The lowest BCUT2D eigenvalue weighted by atomic mass is 9.92. The molecular weight excluding hydrogens is 328 g/mol. The average Bonchev–Trinajstić information content (AvgIpc) is 3.26. The molecule has 124 valence electrons. The number of nitrogens with one attached hydrogen (secondary N) is 1. The van der Waals surface area contributed by atoms with Gasteiger partial charge in [-0.3, -0.25) is 14.9 Å². The summed E-state index contributed by atoms with van der Waals surface area (Å²) < 4.78 is 1.16. The number of fused-ring (bicyclic) bond motifs is 10. The Balaban J connectivity index is 1.94. The van der Waals surface area contributed by atoms with Crippen LogP contribution in [-0.2, 0) is 6.42 Å². The first-order chi connectivity index (χ1) is 12.7. The van der Waals surface area contributed by atoms with Gasteiger partial charge in [0.1, 0.15) is 0 Å². The van der Waals surface area contributed by atoms with Gasteiger partial charge in [-0.25, -0.2) is 0 Å². The highest BCUT2D eigenvalue weighted by molar-refractivity contribution is 6.33. The van der Waals surface area contributed by atoms with E-state index >= 15 is 0 Å². The summed E-state index contributed by atoms with van der Waals surface area (Å²) in [7, 11) is 0. The molecule has 0 bridgehead atoms. The van der Waals surface area contributed by atoms with E-state index in [9.17, 15) is 14.8 Å². The van der Waals surface area contributed by atoms with Crippen LogP contribution in [0.2, 0.25) is 0 Å². The number of hydrogen-bond donors (Lipinski definition) is 2. The van der Waals surface area contributed by atoms with Gasteiger partial charge in [0.2, 0.25) is 0 Å². The zero-order valence-electron chi connectivity index (χ0n) is 13.5. The number of hydrogen-bond acceptors (Lipinski definition) is 3. The smallest absolute Gasteiger partial charge is 0.259 e. The van der Waals surface area contributed by atoms with Gasteiger partial charge < -0.3 is 5.21 Å². The number of nitrogens with zero attached hydrogens (tertiary/aromatic N) is 1. The Bertz CT molecular complexity index is 1330. The second kappa shape index (κ2) is 4.32. The summed E-state index contributed by atoms with van der Waals surface area (Å²) in [4.78, 5) is 25.3. The Labute approximate surface area is 147 Å². The molecule has 0 atom stereocenters. The van der Waals surface area contributed by atoms with Crippen LogP contribution >= 0.6 is 0 Å². The predicted molar refractivity (Wildman–Crippen MR) is 96.7 cm³/mol. The zero-order chi connectivity index (χ0) is 17.6. The Hall–Kier alpha value is -3.60. The maximum atomic E-state index is 12.6. The molecule has 1 aliphatic carbocycles. The number of imide groups is 1. The largest absolute Gasteiger partial charge is 0.428 e. The van der Waals surface area contributed by atoms with E-state index in [1.165, 1.54) is 0 Å². The Morgan fingerprint density at radius 1 is 0.885 bits per heavy atom. The van der Waals surface area contributed by atoms with Gasteiger partial charge in [-0.1, -0.05) is 42.5 Å². The maximum absolute atomic E-state index is 12.6. The predicted octanol–water partition coefficient (Wildman–Crippen LogP) is 3.49. The molecule has 0 saturated carbocycles. The minimum Gasteiger partial charge on any atom is -0.428 e. The molecule has 0 fully saturated rings. The topological polar surface area (TPSA) is 71.3 Å². The molecule has 26 heavy (non-hydrogen) atoms. The summed E-state index contributed by atoms with van der Waals surface area (Å²) in [5, 5.41) is 14.7. The molecule has 0 radical (unpaired) electrons. The minimum absolute atomic E-state index is 0.365. The molecule has 5 heteroatoms. The molecule has 3 aromatic carbocycles. The van der Waals surface area contributed by atoms with Crippen molar-refractivity contribution in [1.82, 2.24) is 10.0 Å². The summed E-state index contributed by atoms with van der Waals surface area (Å²) in [6.45, 7) is 0. The van der Waals surface area contributed by atoms with Gasteiger partial charge in [0.15, 0.2) is 0 Å². The molecule has 1 aliphatic heterocycles. The summed E-state index contributed by atoms with van der Waals surface area (Å²) in [6, 6.07) is 15.3. The van der Waals surface area contributed by atoms with Crippen molar-refractivity contribution in [2.24, 2.45) is 0 Å². The molecule has 2 aliphatic rings. The fourth-order valence-corrected chi connectivity index (χ4v) is 4.54. The number of carbonyl (C=O) groups is 2. The molecule has 0 spiro atoms. The first-order valence-corrected chi connectivity index (χ1v) is 8.42. The van der Waals surface area contributed by atoms with Crippen molar-refractivity contribution < 1.29 is 14.8 Å². The van der Waals surface area contributed by atoms with Crippen molar-refractivity contribution in [3.05, 3.63) is 70.8 Å². The van der Waals surface area contributed by atoms with Gasteiger partial charge in [-0.05, 0) is 22.8 Å². The van der Waals surface area contributed by atoms with Crippen LogP contribution in [0.4, 0.5) is 0 Å². The van der Waals surface area contributed by atoms with Crippen molar-refractivity contribution in [3.8, 4) is 11.1 Å². The molecule has 4 aromatic rings. The van der Waals surface area contributed by atoms with E-state index in [1.807, 2.05) is 48.5 Å². The molecule has 2 heterocycles. The Kier molecular flexibility index (Phi) is 2.27. The van der Waals surface area contributed by atoms with Crippen molar-refractivity contribution in [2.45, 2.75) is 6.42 Å². The van der Waals surface area contributed by atoms with Crippen molar-refractivity contribution in [3.63, 3.8) is 0 Å². The van der Waals surface area contributed by atoms with Crippen molar-refractivity contribution >= 4 is 33.6 Å². The van der Waals surface area contributed by atoms with E-state index in [2.05, 4.69) is 5.32 Å². The van der Waals surface area contributed by atoms with Gasteiger partial charge in [0.05, 0.1) is 22.2 Å². The first-order valence-electron chi connectivity index (χ1n) is 8.42. The van der Waals surface area contributed by atoms with E-state index in [-0.39, 0.29) is 5.91 Å². The van der Waals surface area contributed by atoms with Crippen LogP contribution in [-0.4, -0.2) is 21.8 Å². The van der Waals surface area contributed by atoms with E-state index in [1.54, 1.807) is 0 Å². The van der Waals surface area contributed by atoms with E-state index in [0.29, 0.717) is 34.0 Å². The molecule has 1 aromatic heterocycles. The summed E-state index contributed by atoms with van der Waals surface area (Å²) in [6.07, 6.45) is 0.619. The Morgan fingerprint density at radius 2 is 1.62 bits per heavy atom. The average molecular weight is 340 g/mol. The standard InChI is InChI=1S/C21H12N2O3/c24-20-17-15-11-6-2-1-5-10(11)9-13(15)19-16(18(17)21(25)22-20)12-7-3-4-8-14(12)23(19)26/h1-8,26H,9H2,(H,22,24,25). The van der Waals surface area contributed by atoms with Crippen LogP contribution in [0.3, 0.4) is 0 Å². The van der Waals surface area contributed by atoms with Crippen LogP contribution in [0.1, 0.15) is 31.8 Å². The van der Waals surface area contributed by atoms with Gasteiger partial charge >= 0.3 is 0 Å². The number of benzene rings is 3. The van der Waals surface area contributed by atoms with Gasteiger partial charge in [-0.15, -0.1) is 0 Å². The maximum Gasteiger partial charge on any atom is 0.259 e. The summed E-state index contributed by atoms with van der Waals surface area (Å²) >= 11 is 0. The van der Waals surface area contributed by atoms with Crippen LogP contribution in [0, 0.1) is 0 Å². The minimum atomic E-state index is -0.404. The lowest BCUT2D eigenvalue weighted by molar-refractivity contribution is 0.0880. The number of amides is 2. The fraction of sp³-hybridized carbons (Fsp3) is 0.0476. The van der Waals surface area contributed by atoms with Crippen LogP contribution in [0.5, 0.6) is 0 Å². The number of para-hydroxylation sites is 1. The molecular formula is C21H12N2O3. The molecule has 0 saturated heterocycles. The number of rotatable bonds is 0. The van der Waals surface area contributed by atoms with E-state index < -0.39 is 5.91 Å². The van der Waals surface area contributed by atoms with Gasteiger partial charge in [0, 0.05) is 22.8 Å². The highest BCUT2D eigenvalue weighted by atomic mass is 16.5. The second-order valence-electron chi connectivity index (χ2n) is 6.77. The van der Waals surface area contributed by atoms with E-state index in [0.717, 1.165) is 32.4 Å². The molecule has 5 nitrogen and oxygen atoms in total. The summed E-state index contributed by atoms with van der Waals surface area (Å²) in [5.74, 6) is -0.770. The quantitative estimate of drug-likeness (QED) is 0.335. The van der Waals surface area contributed by atoms with Crippen molar-refractivity contribution in [2.75, 3.05) is 0 Å². The lowest BCUT2D eigenvalue weighted by Crippen LogP contribution is -2.20. The SMILES string of the molecule is O=C1NC(=O)c2c1c1c(c3c2c2ccccc2n3O)Cc2ccccc2-1. The normalized spacial score (nSPS) is 14.6. The third-order valence-corrected chi connectivity index (χ3v) is 5.52. The summed E-state index contributed by atoms with van der Waals surface area (Å²) in [5.41, 5.74) is 5.74. The second-order valence-corrected chi connectivity index (χ2v) is 6.77. The molecule has 0 unspecified atom stereocenters. The third kappa shape index (κ3) is 1.39. The van der Waals surface area contributed by atoms with Gasteiger partial charge in [-0.2, -0.15) is 4.73 Å². The number of carbonyl (C=O) groups excluding carboxylic acids is 2. The monoisotopic (exact) mass is 340 g/mol. The first kappa shape index (κ1) is 13.7. The molecule has 2 amide bonds. The Morgan fingerprint density at radius 3 is 2.50 bits per heavy atom. The van der Waals surface area contributed by atoms with Crippen LogP contribution in [0.25, 0.3) is 32.9 Å². The zero-order valence-corrected chi connectivity index (χ0v) is 13.5. The van der Waals surface area contributed by atoms with Gasteiger partial charge in [0.25, 0.3) is 11.8 Å². The molecule has 6 rings (SSSR count). The number of aromatic nitrogens is 1. The third-order valence-electron chi connectivity index (χ3n) is 5.52. The van der Waals surface area contributed by atoms with Crippen molar-refractivity contribution in [1.29, 1.82) is 0 Å². The van der Waals surface area contributed by atoms with E-state index in [4.69, 9.17) is 0 Å². The van der Waals surface area contributed by atoms with Crippen LogP contribution < -0.4 is 5.32 Å².